The van der Waals surface area contributed by atoms with Crippen LogP contribution in [-0.2, 0) is 5.75 Å². The van der Waals surface area contributed by atoms with Crippen LogP contribution in [0.2, 0.25) is 0 Å². The minimum atomic E-state index is 0.489. The van der Waals surface area contributed by atoms with Gasteiger partial charge in [-0.25, -0.2) is 0 Å². The van der Waals surface area contributed by atoms with Crippen molar-refractivity contribution in [3.05, 3.63) is 35.9 Å². The Morgan fingerprint density at radius 1 is 1.00 bits per heavy atom. The smallest absolute Gasteiger partial charge is 0.228 e. The third-order valence-corrected chi connectivity index (χ3v) is 4.91. The summed E-state index contributed by atoms with van der Waals surface area (Å²) < 4.78 is 0. The van der Waals surface area contributed by atoms with E-state index >= 15 is 0 Å². The molecule has 0 spiro atoms. The van der Waals surface area contributed by atoms with Crippen molar-refractivity contribution in [1.82, 2.24) is 15.0 Å². The van der Waals surface area contributed by atoms with E-state index in [2.05, 4.69) is 49.9 Å². The number of aromatic nitrogens is 3. The highest BCUT2D eigenvalue weighted by atomic mass is 32.2. The molecule has 122 valence electrons. The van der Waals surface area contributed by atoms with Gasteiger partial charge in [0.1, 0.15) is 0 Å². The van der Waals surface area contributed by atoms with E-state index in [0.29, 0.717) is 17.9 Å². The summed E-state index contributed by atoms with van der Waals surface area (Å²) in [5.41, 5.74) is 1.27. The van der Waals surface area contributed by atoms with Gasteiger partial charge in [-0.3, -0.25) is 0 Å². The number of anilines is 2. The molecule has 6 heteroatoms. The van der Waals surface area contributed by atoms with Gasteiger partial charge in [0.25, 0.3) is 0 Å². The van der Waals surface area contributed by atoms with Crippen LogP contribution in [0.25, 0.3) is 0 Å². The zero-order valence-electron chi connectivity index (χ0n) is 13.5. The van der Waals surface area contributed by atoms with Gasteiger partial charge in [0, 0.05) is 18.8 Å². The maximum atomic E-state index is 4.58. The molecule has 0 bridgehead atoms. The zero-order chi connectivity index (χ0) is 15.9. The fourth-order valence-electron chi connectivity index (χ4n) is 2.75. The molecular weight excluding hydrogens is 306 g/mol. The molecule has 0 atom stereocenters. The van der Waals surface area contributed by atoms with Gasteiger partial charge in [-0.2, -0.15) is 15.0 Å². The maximum Gasteiger partial charge on any atom is 0.228 e. The first-order valence-corrected chi connectivity index (χ1v) is 9.19. The van der Waals surface area contributed by atoms with E-state index < -0.39 is 0 Å². The normalized spacial score (nSPS) is 15.3. The Bertz CT molecular complexity index is 614. The molecule has 1 aliphatic carbocycles. The lowest BCUT2D eigenvalue weighted by atomic mass is 9.96. The van der Waals surface area contributed by atoms with Crippen LogP contribution in [0.5, 0.6) is 0 Å². The van der Waals surface area contributed by atoms with E-state index in [9.17, 15) is 0 Å². The SMILES string of the molecule is CNc1nc(NC2CCCCC2)nc(SCc2ccccc2)n1. The zero-order valence-corrected chi connectivity index (χ0v) is 14.3. The largest absolute Gasteiger partial charge is 0.357 e. The highest BCUT2D eigenvalue weighted by molar-refractivity contribution is 7.98. The quantitative estimate of drug-likeness (QED) is 0.783. The van der Waals surface area contributed by atoms with E-state index in [-0.39, 0.29) is 0 Å². The Morgan fingerprint density at radius 2 is 1.74 bits per heavy atom. The van der Waals surface area contributed by atoms with Crippen molar-refractivity contribution in [3.63, 3.8) is 0 Å². The molecule has 2 aromatic rings. The Hall–Kier alpha value is -1.82. The predicted molar refractivity (Wildman–Crippen MR) is 95.9 cm³/mol. The van der Waals surface area contributed by atoms with Crippen molar-refractivity contribution in [2.24, 2.45) is 0 Å². The number of hydrogen-bond donors (Lipinski definition) is 2. The Labute approximate surface area is 141 Å². The summed E-state index contributed by atoms with van der Waals surface area (Å²) >= 11 is 1.64. The van der Waals surface area contributed by atoms with E-state index in [1.807, 2.05) is 13.1 Å². The number of nitrogens with zero attached hydrogens (tertiary/aromatic N) is 3. The van der Waals surface area contributed by atoms with Crippen LogP contribution in [0.4, 0.5) is 11.9 Å². The molecule has 23 heavy (non-hydrogen) atoms. The molecule has 1 aliphatic rings. The number of hydrogen-bond acceptors (Lipinski definition) is 6. The van der Waals surface area contributed by atoms with Gasteiger partial charge in [0.05, 0.1) is 0 Å². The second-order valence-electron chi connectivity index (χ2n) is 5.77. The van der Waals surface area contributed by atoms with E-state index in [1.54, 1.807) is 11.8 Å². The molecule has 1 aromatic carbocycles. The molecule has 0 aliphatic heterocycles. The number of rotatable bonds is 6. The molecule has 0 saturated heterocycles. The first-order chi connectivity index (χ1) is 11.3. The number of nitrogens with one attached hydrogen (secondary N) is 2. The van der Waals surface area contributed by atoms with E-state index in [1.165, 1.54) is 37.7 Å². The molecule has 3 rings (SSSR count). The average Bonchev–Trinajstić information content (AvgIpc) is 2.61. The second-order valence-corrected chi connectivity index (χ2v) is 6.71. The van der Waals surface area contributed by atoms with E-state index in [0.717, 1.165) is 10.9 Å². The predicted octanol–water partition coefficient (Wildman–Crippen LogP) is 3.95. The molecular formula is C17H23N5S. The van der Waals surface area contributed by atoms with Crippen LogP contribution < -0.4 is 10.6 Å². The van der Waals surface area contributed by atoms with Crippen molar-refractivity contribution in [2.45, 2.75) is 49.1 Å². The van der Waals surface area contributed by atoms with Gasteiger partial charge in [0.15, 0.2) is 5.16 Å². The molecule has 5 nitrogen and oxygen atoms in total. The van der Waals surface area contributed by atoms with Gasteiger partial charge in [-0.15, -0.1) is 0 Å². The fraction of sp³-hybridized carbons (Fsp3) is 0.471. The highest BCUT2D eigenvalue weighted by Crippen LogP contribution is 2.23. The van der Waals surface area contributed by atoms with Gasteiger partial charge < -0.3 is 10.6 Å². The van der Waals surface area contributed by atoms with Crippen LogP contribution in [-0.4, -0.2) is 28.0 Å². The van der Waals surface area contributed by atoms with Crippen LogP contribution in [0, 0.1) is 0 Å². The minimum Gasteiger partial charge on any atom is -0.357 e. The Morgan fingerprint density at radius 3 is 2.48 bits per heavy atom. The average molecular weight is 329 g/mol. The lowest BCUT2D eigenvalue weighted by Gasteiger charge is -2.22. The summed E-state index contributed by atoms with van der Waals surface area (Å²) in [6, 6.07) is 10.9. The van der Waals surface area contributed by atoms with Gasteiger partial charge >= 0.3 is 0 Å². The molecule has 0 radical (unpaired) electrons. The Kier molecular flexibility index (Phi) is 5.69. The minimum absolute atomic E-state index is 0.489. The summed E-state index contributed by atoms with van der Waals surface area (Å²) in [7, 11) is 1.84. The first kappa shape index (κ1) is 16.1. The van der Waals surface area contributed by atoms with Crippen molar-refractivity contribution in [1.29, 1.82) is 0 Å². The molecule has 1 aromatic heterocycles. The third-order valence-electron chi connectivity index (χ3n) is 3.99. The van der Waals surface area contributed by atoms with Gasteiger partial charge in [0.2, 0.25) is 11.9 Å². The standard InChI is InChI=1S/C17H23N5S/c1-18-15-20-16(19-14-10-6-3-7-11-14)22-17(21-15)23-12-13-8-4-2-5-9-13/h2,4-5,8-9,14H,3,6-7,10-12H2,1H3,(H2,18,19,20,21,22). The van der Waals surface area contributed by atoms with E-state index in [4.69, 9.17) is 0 Å². The van der Waals surface area contributed by atoms with Crippen molar-refractivity contribution in [2.75, 3.05) is 17.7 Å². The lowest BCUT2D eigenvalue weighted by molar-refractivity contribution is 0.460. The van der Waals surface area contributed by atoms with Crippen molar-refractivity contribution in [3.8, 4) is 0 Å². The topological polar surface area (TPSA) is 62.7 Å². The molecule has 0 unspecified atom stereocenters. The van der Waals surface area contributed by atoms with Gasteiger partial charge in [-0.1, -0.05) is 61.4 Å². The summed E-state index contributed by atoms with van der Waals surface area (Å²) in [4.78, 5) is 13.5. The molecule has 0 amide bonds. The summed E-state index contributed by atoms with van der Waals surface area (Å²) in [5, 5.41) is 7.26. The third kappa shape index (κ3) is 4.82. The molecule has 1 fully saturated rings. The van der Waals surface area contributed by atoms with Crippen LogP contribution >= 0.6 is 11.8 Å². The fourth-order valence-corrected chi connectivity index (χ4v) is 3.54. The maximum absolute atomic E-state index is 4.58. The second kappa shape index (κ2) is 8.15. The van der Waals surface area contributed by atoms with Crippen LogP contribution in [0.1, 0.15) is 37.7 Å². The summed E-state index contributed by atoms with van der Waals surface area (Å²) in [5.74, 6) is 2.16. The van der Waals surface area contributed by atoms with Crippen LogP contribution in [0.15, 0.2) is 35.5 Å². The molecule has 2 N–H and O–H groups in total. The summed E-state index contributed by atoms with van der Waals surface area (Å²) in [6.07, 6.45) is 6.32. The number of benzene rings is 1. The summed E-state index contributed by atoms with van der Waals surface area (Å²) in [6.45, 7) is 0. The van der Waals surface area contributed by atoms with Gasteiger partial charge in [-0.05, 0) is 18.4 Å². The highest BCUT2D eigenvalue weighted by Gasteiger charge is 2.15. The van der Waals surface area contributed by atoms with Crippen molar-refractivity contribution < 1.29 is 0 Å². The molecule has 1 heterocycles. The van der Waals surface area contributed by atoms with Crippen molar-refractivity contribution >= 4 is 23.7 Å². The van der Waals surface area contributed by atoms with Crippen LogP contribution in [0.3, 0.4) is 0 Å². The molecule has 1 saturated carbocycles. The number of thioether (sulfide) groups is 1. The lowest BCUT2D eigenvalue weighted by Crippen LogP contribution is -2.24. The first-order valence-electron chi connectivity index (χ1n) is 8.20. The Balaban J connectivity index is 1.68. The monoisotopic (exact) mass is 329 g/mol.